The molecule has 0 atom stereocenters. The number of phenols is 1. The molecule has 0 saturated heterocycles. The predicted molar refractivity (Wildman–Crippen MR) is 113 cm³/mol. The molecule has 0 aliphatic heterocycles. The standard InChI is InChI=1S/C25H26O2/c1-3-24(20-10-14-22(26)15-11-20)25(4-2)21-12-16-23(17-13-21)27-18-19-8-6-5-7-9-19/h5-17,26H,3-4,18H2,1-2H3/b25-24+. The lowest BCUT2D eigenvalue weighted by molar-refractivity contribution is 0.306. The quantitative estimate of drug-likeness (QED) is 0.476. The molecule has 3 aromatic rings. The highest BCUT2D eigenvalue weighted by Gasteiger charge is 2.09. The molecular weight excluding hydrogens is 332 g/mol. The number of aromatic hydroxyl groups is 1. The predicted octanol–water partition coefficient (Wildman–Crippen LogP) is 6.70. The van der Waals surface area contributed by atoms with Gasteiger partial charge in [-0.15, -0.1) is 0 Å². The minimum atomic E-state index is 0.298. The summed E-state index contributed by atoms with van der Waals surface area (Å²) in [6.45, 7) is 4.94. The molecule has 2 nitrogen and oxygen atoms in total. The van der Waals surface area contributed by atoms with Gasteiger partial charge in [0.2, 0.25) is 0 Å². The Morgan fingerprint density at radius 2 is 1.22 bits per heavy atom. The van der Waals surface area contributed by atoms with Crippen LogP contribution in [0.1, 0.15) is 43.4 Å². The van der Waals surface area contributed by atoms with Crippen molar-refractivity contribution in [3.63, 3.8) is 0 Å². The van der Waals surface area contributed by atoms with Crippen LogP contribution >= 0.6 is 0 Å². The van der Waals surface area contributed by atoms with E-state index in [1.165, 1.54) is 16.7 Å². The molecule has 0 fully saturated rings. The number of benzene rings is 3. The van der Waals surface area contributed by atoms with E-state index in [1.54, 1.807) is 12.1 Å². The fourth-order valence-corrected chi connectivity index (χ4v) is 3.34. The highest BCUT2D eigenvalue weighted by atomic mass is 16.5. The molecule has 27 heavy (non-hydrogen) atoms. The van der Waals surface area contributed by atoms with Gasteiger partial charge < -0.3 is 9.84 Å². The van der Waals surface area contributed by atoms with Crippen LogP contribution in [0.5, 0.6) is 11.5 Å². The highest BCUT2D eigenvalue weighted by Crippen LogP contribution is 2.32. The molecule has 0 saturated carbocycles. The van der Waals surface area contributed by atoms with Crippen molar-refractivity contribution < 1.29 is 9.84 Å². The lowest BCUT2D eigenvalue weighted by Gasteiger charge is -2.15. The maximum atomic E-state index is 9.56. The van der Waals surface area contributed by atoms with Crippen molar-refractivity contribution in [2.45, 2.75) is 33.3 Å². The van der Waals surface area contributed by atoms with E-state index in [0.717, 1.165) is 29.7 Å². The topological polar surface area (TPSA) is 29.5 Å². The maximum Gasteiger partial charge on any atom is 0.119 e. The Morgan fingerprint density at radius 3 is 1.74 bits per heavy atom. The monoisotopic (exact) mass is 358 g/mol. The van der Waals surface area contributed by atoms with E-state index in [-0.39, 0.29) is 0 Å². The number of allylic oxidation sites excluding steroid dienone is 2. The molecule has 0 heterocycles. The van der Waals surface area contributed by atoms with Gasteiger partial charge >= 0.3 is 0 Å². The van der Waals surface area contributed by atoms with Gasteiger partial charge in [0.15, 0.2) is 0 Å². The summed E-state index contributed by atoms with van der Waals surface area (Å²) < 4.78 is 5.90. The zero-order valence-corrected chi connectivity index (χ0v) is 16.0. The summed E-state index contributed by atoms with van der Waals surface area (Å²) in [6, 6.07) is 26.0. The van der Waals surface area contributed by atoms with Crippen LogP contribution in [-0.4, -0.2) is 5.11 Å². The lowest BCUT2D eigenvalue weighted by Crippen LogP contribution is -1.96. The van der Waals surface area contributed by atoms with Crippen LogP contribution in [0.15, 0.2) is 78.9 Å². The van der Waals surface area contributed by atoms with Gasteiger partial charge in [0.05, 0.1) is 0 Å². The average Bonchev–Trinajstić information content (AvgIpc) is 2.72. The van der Waals surface area contributed by atoms with Gasteiger partial charge in [-0.2, -0.15) is 0 Å². The van der Waals surface area contributed by atoms with Crippen LogP contribution < -0.4 is 4.74 Å². The smallest absolute Gasteiger partial charge is 0.119 e. The summed E-state index contributed by atoms with van der Waals surface area (Å²) in [7, 11) is 0. The molecule has 0 aliphatic carbocycles. The number of phenolic OH excluding ortho intramolecular Hbond substituents is 1. The second-order valence-electron chi connectivity index (χ2n) is 6.51. The van der Waals surface area contributed by atoms with Crippen LogP contribution in [0.3, 0.4) is 0 Å². The van der Waals surface area contributed by atoms with E-state index in [9.17, 15) is 5.11 Å². The minimum absolute atomic E-state index is 0.298. The first-order valence-electron chi connectivity index (χ1n) is 9.49. The van der Waals surface area contributed by atoms with Crippen LogP contribution in [0, 0.1) is 0 Å². The molecule has 0 aliphatic rings. The van der Waals surface area contributed by atoms with Gasteiger partial charge in [0.25, 0.3) is 0 Å². The van der Waals surface area contributed by atoms with Crippen LogP contribution in [0.2, 0.25) is 0 Å². The van der Waals surface area contributed by atoms with Gasteiger partial charge in [-0.05, 0) is 64.9 Å². The van der Waals surface area contributed by atoms with Crippen LogP contribution in [0.25, 0.3) is 11.1 Å². The molecule has 3 rings (SSSR count). The number of hydrogen-bond acceptors (Lipinski definition) is 2. The van der Waals surface area contributed by atoms with Gasteiger partial charge in [0.1, 0.15) is 18.1 Å². The van der Waals surface area contributed by atoms with E-state index in [0.29, 0.717) is 12.4 Å². The zero-order chi connectivity index (χ0) is 19.1. The van der Waals surface area contributed by atoms with Crippen LogP contribution in [-0.2, 0) is 6.61 Å². The first kappa shape index (κ1) is 18.8. The Morgan fingerprint density at radius 1 is 0.704 bits per heavy atom. The Hall–Kier alpha value is -3.00. The Balaban J connectivity index is 1.81. The van der Waals surface area contributed by atoms with Crippen molar-refractivity contribution >= 4 is 11.1 Å². The van der Waals surface area contributed by atoms with E-state index >= 15 is 0 Å². The summed E-state index contributed by atoms with van der Waals surface area (Å²) in [4.78, 5) is 0. The fourth-order valence-electron chi connectivity index (χ4n) is 3.34. The van der Waals surface area contributed by atoms with Gasteiger partial charge in [-0.3, -0.25) is 0 Å². The third-order valence-electron chi connectivity index (χ3n) is 4.74. The number of hydrogen-bond donors (Lipinski definition) is 1. The molecule has 0 bridgehead atoms. The molecule has 2 heteroatoms. The Kier molecular flexibility index (Phi) is 6.32. The Labute approximate surface area is 161 Å². The highest BCUT2D eigenvalue weighted by molar-refractivity contribution is 5.90. The zero-order valence-electron chi connectivity index (χ0n) is 16.0. The number of ether oxygens (including phenoxy) is 1. The molecule has 0 unspecified atom stereocenters. The first-order valence-corrected chi connectivity index (χ1v) is 9.49. The van der Waals surface area contributed by atoms with Crippen molar-refractivity contribution in [1.82, 2.24) is 0 Å². The van der Waals surface area contributed by atoms with E-state index in [1.807, 2.05) is 42.5 Å². The molecule has 0 spiro atoms. The third kappa shape index (κ3) is 4.79. The van der Waals surface area contributed by atoms with Crippen molar-refractivity contribution in [1.29, 1.82) is 0 Å². The van der Waals surface area contributed by atoms with Crippen molar-refractivity contribution in [3.8, 4) is 11.5 Å². The SMILES string of the molecule is CC/C(=C(/CC)c1ccc(OCc2ccccc2)cc1)c1ccc(O)cc1. The van der Waals surface area contributed by atoms with Crippen molar-refractivity contribution in [2.24, 2.45) is 0 Å². The van der Waals surface area contributed by atoms with Crippen LogP contribution in [0.4, 0.5) is 0 Å². The molecule has 1 N–H and O–H groups in total. The summed E-state index contributed by atoms with van der Waals surface area (Å²) >= 11 is 0. The molecule has 0 aromatic heterocycles. The normalized spacial score (nSPS) is 11.8. The summed E-state index contributed by atoms with van der Waals surface area (Å²) in [5.74, 6) is 1.17. The lowest BCUT2D eigenvalue weighted by atomic mass is 9.91. The van der Waals surface area contributed by atoms with E-state index < -0.39 is 0 Å². The molecule has 138 valence electrons. The average molecular weight is 358 g/mol. The van der Waals surface area contributed by atoms with Gasteiger partial charge in [0, 0.05) is 0 Å². The van der Waals surface area contributed by atoms with E-state index in [2.05, 4.69) is 38.1 Å². The number of rotatable bonds is 7. The third-order valence-corrected chi connectivity index (χ3v) is 4.74. The molecule has 0 amide bonds. The maximum absolute atomic E-state index is 9.56. The van der Waals surface area contributed by atoms with E-state index in [4.69, 9.17) is 4.74 Å². The second kappa shape index (κ2) is 9.09. The minimum Gasteiger partial charge on any atom is -0.508 e. The Bertz CT molecular complexity index is 876. The molecule has 0 radical (unpaired) electrons. The molecular formula is C25H26O2. The molecule has 3 aromatic carbocycles. The second-order valence-corrected chi connectivity index (χ2v) is 6.51. The largest absolute Gasteiger partial charge is 0.508 e. The first-order chi connectivity index (χ1) is 13.2. The fraction of sp³-hybridized carbons (Fsp3) is 0.200. The van der Waals surface area contributed by atoms with Gasteiger partial charge in [-0.1, -0.05) is 68.4 Å². The summed E-state index contributed by atoms with van der Waals surface area (Å²) in [6.07, 6.45) is 1.90. The summed E-state index contributed by atoms with van der Waals surface area (Å²) in [5.41, 5.74) is 6.19. The van der Waals surface area contributed by atoms with Crippen molar-refractivity contribution in [3.05, 3.63) is 95.6 Å². The van der Waals surface area contributed by atoms with Crippen molar-refractivity contribution in [2.75, 3.05) is 0 Å². The summed E-state index contributed by atoms with van der Waals surface area (Å²) in [5, 5.41) is 9.56. The van der Waals surface area contributed by atoms with Gasteiger partial charge in [-0.25, -0.2) is 0 Å².